The average molecular weight is 235 g/mol. The predicted octanol–water partition coefficient (Wildman–Crippen LogP) is 3.86. The molecule has 2 N–H and O–H groups in total. The molecule has 0 saturated carbocycles. The largest absolute Gasteiger partial charge is 0.496 e. The lowest BCUT2D eigenvalue weighted by Gasteiger charge is -2.22. The molecule has 0 radical (unpaired) electrons. The van der Waals surface area contributed by atoms with Gasteiger partial charge in [0.2, 0.25) is 0 Å². The van der Waals surface area contributed by atoms with Crippen molar-refractivity contribution in [3.8, 4) is 5.75 Å². The number of hydrogen-bond donors (Lipinski definition) is 1. The normalized spacial score (nSPS) is 14.8. The van der Waals surface area contributed by atoms with E-state index in [0.717, 1.165) is 17.7 Å². The molecule has 96 valence electrons. The highest BCUT2D eigenvalue weighted by atomic mass is 16.5. The minimum atomic E-state index is 0.0497. The summed E-state index contributed by atoms with van der Waals surface area (Å²) in [5, 5.41) is 0. The van der Waals surface area contributed by atoms with Crippen LogP contribution in [0.25, 0.3) is 0 Å². The van der Waals surface area contributed by atoms with Crippen LogP contribution < -0.4 is 10.5 Å². The molecule has 2 heteroatoms. The van der Waals surface area contributed by atoms with Crippen molar-refractivity contribution in [2.75, 3.05) is 7.11 Å². The smallest absolute Gasteiger partial charge is 0.123 e. The molecule has 0 amide bonds. The number of ether oxygens (including phenoxy) is 1. The Kier molecular flexibility index (Phi) is 5.01. The van der Waals surface area contributed by atoms with Crippen LogP contribution in [0.2, 0.25) is 0 Å². The lowest BCUT2D eigenvalue weighted by molar-refractivity contribution is 0.388. The molecular formula is C15H25NO. The quantitative estimate of drug-likeness (QED) is 0.841. The molecule has 0 aliphatic carbocycles. The minimum absolute atomic E-state index is 0.0497. The molecule has 2 atom stereocenters. The van der Waals surface area contributed by atoms with E-state index in [1.54, 1.807) is 7.11 Å². The van der Waals surface area contributed by atoms with Gasteiger partial charge in [-0.1, -0.05) is 46.2 Å². The van der Waals surface area contributed by atoms with E-state index in [-0.39, 0.29) is 6.04 Å². The SMILES string of the molecule is CCC(C)[C@@H](N)c1cc(C(C)C)ccc1OC. The zero-order valence-corrected chi connectivity index (χ0v) is 11.7. The Bertz CT molecular complexity index is 360. The molecule has 0 aliphatic heterocycles. The van der Waals surface area contributed by atoms with Crippen LogP contribution in [-0.2, 0) is 0 Å². The van der Waals surface area contributed by atoms with Gasteiger partial charge in [-0.2, -0.15) is 0 Å². The van der Waals surface area contributed by atoms with Crippen molar-refractivity contribution in [2.45, 2.75) is 46.1 Å². The van der Waals surface area contributed by atoms with Crippen molar-refractivity contribution in [2.24, 2.45) is 11.7 Å². The van der Waals surface area contributed by atoms with Gasteiger partial charge >= 0.3 is 0 Å². The lowest BCUT2D eigenvalue weighted by Crippen LogP contribution is -2.19. The summed E-state index contributed by atoms with van der Waals surface area (Å²) in [6, 6.07) is 6.40. The number of benzene rings is 1. The van der Waals surface area contributed by atoms with Gasteiger partial charge < -0.3 is 10.5 Å². The van der Waals surface area contributed by atoms with Gasteiger partial charge in [-0.25, -0.2) is 0 Å². The van der Waals surface area contributed by atoms with Crippen LogP contribution in [0.15, 0.2) is 18.2 Å². The van der Waals surface area contributed by atoms with Gasteiger partial charge in [0.15, 0.2) is 0 Å². The highest BCUT2D eigenvalue weighted by Gasteiger charge is 2.18. The van der Waals surface area contributed by atoms with E-state index in [4.69, 9.17) is 10.5 Å². The van der Waals surface area contributed by atoms with E-state index in [9.17, 15) is 0 Å². The maximum Gasteiger partial charge on any atom is 0.123 e. The summed E-state index contributed by atoms with van der Waals surface area (Å²) in [6.07, 6.45) is 1.08. The Labute approximate surface area is 105 Å². The van der Waals surface area contributed by atoms with Crippen LogP contribution in [0, 0.1) is 5.92 Å². The maximum atomic E-state index is 6.31. The fourth-order valence-electron chi connectivity index (χ4n) is 1.93. The van der Waals surface area contributed by atoms with Crippen LogP contribution >= 0.6 is 0 Å². The molecule has 0 bridgehead atoms. The monoisotopic (exact) mass is 235 g/mol. The number of rotatable bonds is 5. The first kappa shape index (κ1) is 14.0. The predicted molar refractivity (Wildman–Crippen MR) is 73.5 cm³/mol. The molecule has 0 aromatic heterocycles. The third-order valence-electron chi connectivity index (χ3n) is 3.54. The van der Waals surface area contributed by atoms with Crippen molar-refractivity contribution in [1.82, 2.24) is 0 Å². The highest BCUT2D eigenvalue weighted by Crippen LogP contribution is 2.32. The molecule has 0 heterocycles. The van der Waals surface area contributed by atoms with E-state index in [0.29, 0.717) is 11.8 Å². The Balaban J connectivity index is 3.13. The Morgan fingerprint density at radius 1 is 1.24 bits per heavy atom. The summed E-state index contributed by atoms with van der Waals surface area (Å²) >= 11 is 0. The fraction of sp³-hybridized carbons (Fsp3) is 0.600. The first-order valence-corrected chi connectivity index (χ1v) is 6.44. The van der Waals surface area contributed by atoms with Crippen LogP contribution in [0.3, 0.4) is 0 Å². The van der Waals surface area contributed by atoms with Gasteiger partial charge in [-0.05, 0) is 23.5 Å². The lowest BCUT2D eigenvalue weighted by atomic mass is 9.90. The molecule has 1 aromatic carbocycles. The summed E-state index contributed by atoms with van der Waals surface area (Å²) in [4.78, 5) is 0. The second-order valence-electron chi connectivity index (χ2n) is 5.07. The number of hydrogen-bond acceptors (Lipinski definition) is 2. The molecule has 17 heavy (non-hydrogen) atoms. The Hall–Kier alpha value is -1.02. The highest BCUT2D eigenvalue weighted by molar-refractivity contribution is 5.40. The topological polar surface area (TPSA) is 35.2 Å². The van der Waals surface area contributed by atoms with Gasteiger partial charge in [-0.15, -0.1) is 0 Å². The molecule has 1 unspecified atom stereocenters. The average Bonchev–Trinajstić information content (AvgIpc) is 2.35. The van der Waals surface area contributed by atoms with Gasteiger partial charge in [-0.3, -0.25) is 0 Å². The second kappa shape index (κ2) is 6.06. The summed E-state index contributed by atoms with van der Waals surface area (Å²) < 4.78 is 5.42. The van der Waals surface area contributed by atoms with Crippen molar-refractivity contribution >= 4 is 0 Å². The molecular weight excluding hydrogens is 210 g/mol. The van der Waals surface area contributed by atoms with Gasteiger partial charge in [0.05, 0.1) is 7.11 Å². The van der Waals surface area contributed by atoms with E-state index in [1.807, 2.05) is 6.07 Å². The molecule has 0 saturated heterocycles. The second-order valence-corrected chi connectivity index (χ2v) is 5.07. The van der Waals surface area contributed by atoms with Crippen molar-refractivity contribution in [3.63, 3.8) is 0 Å². The van der Waals surface area contributed by atoms with E-state index >= 15 is 0 Å². The minimum Gasteiger partial charge on any atom is -0.496 e. The van der Waals surface area contributed by atoms with E-state index in [1.165, 1.54) is 5.56 Å². The van der Waals surface area contributed by atoms with Gasteiger partial charge in [0.1, 0.15) is 5.75 Å². The van der Waals surface area contributed by atoms with Crippen LogP contribution in [0.5, 0.6) is 5.75 Å². The van der Waals surface area contributed by atoms with Crippen LogP contribution in [-0.4, -0.2) is 7.11 Å². The number of nitrogens with two attached hydrogens (primary N) is 1. The Morgan fingerprint density at radius 3 is 2.35 bits per heavy atom. The molecule has 1 aromatic rings. The molecule has 1 rings (SSSR count). The fourth-order valence-corrected chi connectivity index (χ4v) is 1.93. The Morgan fingerprint density at radius 2 is 1.88 bits per heavy atom. The third-order valence-corrected chi connectivity index (χ3v) is 3.54. The van der Waals surface area contributed by atoms with Crippen molar-refractivity contribution < 1.29 is 4.74 Å². The first-order chi connectivity index (χ1) is 8.01. The molecule has 0 spiro atoms. The number of methoxy groups -OCH3 is 1. The van der Waals surface area contributed by atoms with Crippen molar-refractivity contribution in [3.05, 3.63) is 29.3 Å². The summed E-state index contributed by atoms with van der Waals surface area (Å²) in [7, 11) is 1.71. The standard InChI is InChI=1S/C15H25NO/c1-6-11(4)15(16)13-9-12(10(2)3)7-8-14(13)17-5/h7-11,15H,6,16H2,1-5H3/t11?,15-/m1/s1. The van der Waals surface area contributed by atoms with Crippen LogP contribution in [0.1, 0.15) is 57.2 Å². The van der Waals surface area contributed by atoms with Crippen LogP contribution in [0.4, 0.5) is 0 Å². The zero-order chi connectivity index (χ0) is 13.0. The zero-order valence-electron chi connectivity index (χ0n) is 11.7. The van der Waals surface area contributed by atoms with Crippen molar-refractivity contribution in [1.29, 1.82) is 0 Å². The maximum absolute atomic E-state index is 6.31. The molecule has 0 fully saturated rings. The summed E-state index contributed by atoms with van der Waals surface area (Å²) in [6.45, 7) is 8.75. The van der Waals surface area contributed by atoms with Gasteiger partial charge in [0, 0.05) is 11.6 Å². The summed E-state index contributed by atoms with van der Waals surface area (Å²) in [5.74, 6) is 1.89. The summed E-state index contributed by atoms with van der Waals surface area (Å²) in [5.41, 5.74) is 8.77. The first-order valence-electron chi connectivity index (χ1n) is 6.44. The third kappa shape index (κ3) is 3.22. The van der Waals surface area contributed by atoms with E-state index < -0.39 is 0 Å². The molecule has 0 aliphatic rings. The van der Waals surface area contributed by atoms with Gasteiger partial charge in [0.25, 0.3) is 0 Å². The molecule has 2 nitrogen and oxygen atoms in total. The van der Waals surface area contributed by atoms with E-state index in [2.05, 4.69) is 39.8 Å².